The van der Waals surface area contributed by atoms with Crippen molar-refractivity contribution in [3.63, 3.8) is 0 Å². The summed E-state index contributed by atoms with van der Waals surface area (Å²) in [5.74, 6) is -0.194. The molecule has 2 rings (SSSR count). The van der Waals surface area contributed by atoms with Gasteiger partial charge < -0.3 is 10.0 Å². The highest BCUT2D eigenvalue weighted by atomic mass is 16.3. The Morgan fingerprint density at radius 1 is 1.23 bits per heavy atom. The SMILES string of the molecule is C=C/C=C\C=C/C(=C)CC(CN=O)N1C/C(=C/C)c2c(ccc(C(C)(C)O)c2C(=C)C(=C)C)C1=O. The van der Waals surface area contributed by atoms with E-state index >= 15 is 0 Å². The Hall–Kier alpha value is -3.57. The average Bonchev–Trinajstić information content (AvgIpc) is 2.80. The van der Waals surface area contributed by atoms with Crippen molar-refractivity contribution in [1.29, 1.82) is 0 Å². The first-order valence-corrected chi connectivity index (χ1v) is 11.6. The largest absolute Gasteiger partial charge is 0.386 e. The molecule has 1 aromatic carbocycles. The Morgan fingerprint density at radius 3 is 2.46 bits per heavy atom. The van der Waals surface area contributed by atoms with Gasteiger partial charge in [0.1, 0.15) is 6.54 Å². The molecule has 1 aliphatic heterocycles. The van der Waals surface area contributed by atoms with Gasteiger partial charge in [0.25, 0.3) is 5.91 Å². The highest BCUT2D eigenvalue weighted by Gasteiger charge is 2.36. The minimum Gasteiger partial charge on any atom is -0.386 e. The molecular formula is C30H36N2O3. The molecule has 1 aromatic rings. The molecular weight excluding hydrogens is 436 g/mol. The topological polar surface area (TPSA) is 70.0 Å². The third kappa shape index (κ3) is 6.31. The van der Waals surface area contributed by atoms with Gasteiger partial charge >= 0.3 is 0 Å². The zero-order chi connectivity index (χ0) is 26.3. The maximum Gasteiger partial charge on any atom is 0.255 e. The average molecular weight is 473 g/mol. The minimum absolute atomic E-state index is 0.0412. The molecule has 1 atom stereocenters. The van der Waals surface area contributed by atoms with Crippen LogP contribution in [0.2, 0.25) is 0 Å². The Balaban J connectivity index is 2.60. The lowest BCUT2D eigenvalue weighted by molar-refractivity contribution is 0.0696. The second kappa shape index (κ2) is 11.7. The van der Waals surface area contributed by atoms with E-state index < -0.39 is 11.6 Å². The lowest BCUT2D eigenvalue weighted by Crippen LogP contribution is -2.46. The zero-order valence-corrected chi connectivity index (χ0v) is 21.3. The molecule has 5 nitrogen and oxygen atoms in total. The van der Waals surface area contributed by atoms with Gasteiger partial charge in [-0.25, -0.2) is 0 Å². The third-order valence-electron chi connectivity index (χ3n) is 6.10. The molecule has 1 heterocycles. The summed E-state index contributed by atoms with van der Waals surface area (Å²) in [5, 5.41) is 14.0. The van der Waals surface area contributed by atoms with Crippen LogP contribution in [0.5, 0.6) is 0 Å². The Morgan fingerprint density at radius 2 is 1.91 bits per heavy atom. The number of carbonyl (C=O) groups is 1. The normalized spacial score (nSPS) is 16.0. The van der Waals surface area contributed by atoms with Crippen molar-refractivity contribution in [1.82, 2.24) is 4.90 Å². The number of carbonyl (C=O) groups excluding carboxylic acids is 1. The highest BCUT2D eigenvalue weighted by molar-refractivity contribution is 6.06. The molecule has 184 valence electrons. The predicted octanol–water partition coefficient (Wildman–Crippen LogP) is 6.74. The van der Waals surface area contributed by atoms with Crippen LogP contribution in [0, 0.1) is 4.91 Å². The van der Waals surface area contributed by atoms with Gasteiger partial charge in [-0.1, -0.05) is 85.2 Å². The van der Waals surface area contributed by atoms with Gasteiger partial charge in [-0.3, -0.25) is 4.79 Å². The second-order valence-corrected chi connectivity index (χ2v) is 9.28. The van der Waals surface area contributed by atoms with Crippen LogP contribution < -0.4 is 0 Å². The van der Waals surface area contributed by atoms with E-state index in [0.29, 0.717) is 29.7 Å². The Labute approximate surface area is 209 Å². The summed E-state index contributed by atoms with van der Waals surface area (Å²) in [6.45, 7) is 23.4. The van der Waals surface area contributed by atoms with Crippen LogP contribution in [0.15, 0.2) is 91.2 Å². The van der Waals surface area contributed by atoms with Crippen LogP contribution in [0.25, 0.3) is 11.1 Å². The molecule has 0 radical (unpaired) electrons. The molecule has 1 amide bonds. The molecule has 0 spiro atoms. The van der Waals surface area contributed by atoms with E-state index in [9.17, 15) is 14.8 Å². The molecule has 1 aliphatic rings. The summed E-state index contributed by atoms with van der Waals surface area (Å²) in [6, 6.07) is 3.08. The molecule has 1 unspecified atom stereocenters. The number of aliphatic hydroxyl groups is 1. The fourth-order valence-corrected chi connectivity index (χ4v) is 4.24. The van der Waals surface area contributed by atoms with E-state index in [1.165, 1.54) is 0 Å². The van der Waals surface area contributed by atoms with Crippen molar-refractivity contribution >= 4 is 17.1 Å². The van der Waals surface area contributed by atoms with Gasteiger partial charge in [0.2, 0.25) is 0 Å². The number of nitroso groups, excluding NO2 is 1. The minimum atomic E-state index is -1.14. The van der Waals surface area contributed by atoms with Crippen LogP contribution >= 0.6 is 0 Å². The van der Waals surface area contributed by atoms with Crippen molar-refractivity contribution in [3.05, 3.63) is 113 Å². The fraction of sp³-hybridized carbons (Fsp3) is 0.300. The van der Waals surface area contributed by atoms with E-state index in [0.717, 1.165) is 27.8 Å². The first-order valence-electron chi connectivity index (χ1n) is 11.6. The van der Waals surface area contributed by atoms with Gasteiger partial charge in [-0.15, -0.1) is 0 Å². The molecule has 0 aliphatic carbocycles. The van der Waals surface area contributed by atoms with Crippen molar-refractivity contribution in [2.75, 3.05) is 13.1 Å². The van der Waals surface area contributed by atoms with Crippen LogP contribution in [0.4, 0.5) is 0 Å². The summed E-state index contributed by atoms with van der Waals surface area (Å²) >= 11 is 0. The summed E-state index contributed by atoms with van der Waals surface area (Å²) in [4.78, 5) is 26.7. The first kappa shape index (κ1) is 27.7. The monoisotopic (exact) mass is 472 g/mol. The van der Waals surface area contributed by atoms with E-state index in [4.69, 9.17) is 0 Å². The number of hydrogen-bond donors (Lipinski definition) is 1. The van der Waals surface area contributed by atoms with Crippen LogP contribution in [0.3, 0.4) is 0 Å². The Kier molecular flexibility index (Phi) is 9.26. The van der Waals surface area contributed by atoms with Gasteiger partial charge in [0.15, 0.2) is 0 Å². The number of benzene rings is 1. The maximum absolute atomic E-state index is 13.8. The van der Waals surface area contributed by atoms with Gasteiger partial charge in [-0.05, 0) is 62.5 Å². The molecule has 0 saturated heterocycles. The van der Waals surface area contributed by atoms with Gasteiger partial charge in [0, 0.05) is 17.7 Å². The number of fused-ring (bicyclic) bond motifs is 1. The van der Waals surface area contributed by atoms with Crippen molar-refractivity contribution in [2.45, 2.75) is 45.8 Å². The fourth-order valence-electron chi connectivity index (χ4n) is 4.24. The zero-order valence-electron chi connectivity index (χ0n) is 21.3. The molecule has 35 heavy (non-hydrogen) atoms. The van der Waals surface area contributed by atoms with Crippen LogP contribution in [-0.4, -0.2) is 35.0 Å². The summed E-state index contributed by atoms with van der Waals surface area (Å²) in [6.07, 6.45) is 11.4. The molecule has 0 saturated carbocycles. The standard InChI is InChI=1S/C30H36N2O3/c1-9-11-12-13-14-21(5)17-24(18-31-35)32-19-23(10-2)28-25(29(32)33)15-16-26(30(7,8)34)27(28)22(6)20(3)4/h9-16,24,34H,1,3,5-6,17-19H2,2,4,7-8H3/b12-11-,14-13-,23-10-. The predicted molar refractivity (Wildman–Crippen MR) is 147 cm³/mol. The van der Waals surface area contributed by atoms with E-state index in [2.05, 4.69) is 31.5 Å². The molecule has 5 heteroatoms. The van der Waals surface area contributed by atoms with E-state index in [1.807, 2.05) is 38.2 Å². The third-order valence-corrected chi connectivity index (χ3v) is 6.10. The second-order valence-electron chi connectivity index (χ2n) is 9.28. The van der Waals surface area contributed by atoms with Crippen molar-refractivity contribution < 1.29 is 9.90 Å². The first-order chi connectivity index (χ1) is 16.5. The van der Waals surface area contributed by atoms with Crippen LogP contribution in [0.1, 0.15) is 61.2 Å². The number of rotatable bonds is 11. The van der Waals surface area contributed by atoms with Crippen molar-refractivity contribution in [2.24, 2.45) is 5.18 Å². The van der Waals surface area contributed by atoms with Crippen LogP contribution in [-0.2, 0) is 5.60 Å². The quantitative estimate of drug-likeness (QED) is 0.286. The number of amides is 1. The molecule has 1 N–H and O–H groups in total. The highest BCUT2D eigenvalue weighted by Crippen LogP contribution is 2.41. The molecule has 0 aromatic heterocycles. The lowest BCUT2D eigenvalue weighted by Gasteiger charge is -2.38. The number of allylic oxidation sites excluding steroid dienone is 8. The molecule has 0 fully saturated rings. The Bertz CT molecular complexity index is 1140. The smallest absolute Gasteiger partial charge is 0.255 e. The summed E-state index contributed by atoms with van der Waals surface area (Å²) in [5.41, 5.74) is 4.65. The van der Waals surface area contributed by atoms with Gasteiger partial charge in [-0.2, -0.15) is 4.91 Å². The van der Waals surface area contributed by atoms with Gasteiger partial charge in [0.05, 0.1) is 11.6 Å². The van der Waals surface area contributed by atoms with Crippen molar-refractivity contribution in [3.8, 4) is 0 Å². The van der Waals surface area contributed by atoms with E-state index in [1.54, 1.807) is 43.0 Å². The number of hydrogen-bond acceptors (Lipinski definition) is 4. The summed E-state index contributed by atoms with van der Waals surface area (Å²) in [7, 11) is 0. The molecule has 0 bridgehead atoms. The van der Waals surface area contributed by atoms with E-state index in [-0.39, 0.29) is 12.5 Å². The number of nitrogens with zero attached hydrogens (tertiary/aromatic N) is 2. The maximum atomic E-state index is 13.8. The lowest BCUT2D eigenvalue weighted by atomic mass is 9.78. The summed E-state index contributed by atoms with van der Waals surface area (Å²) < 4.78 is 0.